The van der Waals surface area contributed by atoms with Crippen LogP contribution in [0.1, 0.15) is 18.5 Å². The van der Waals surface area contributed by atoms with Crippen molar-refractivity contribution in [1.29, 1.82) is 0 Å². The Balaban J connectivity index is 2.16. The first-order valence-electron chi connectivity index (χ1n) is 5.73. The molecule has 2 rings (SSSR count). The van der Waals surface area contributed by atoms with Crippen molar-refractivity contribution in [1.82, 2.24) is 10.2 Å². The number of rotatable bonds is 3. The maximum absolute atomic E-state index is 13.6. The lowest BCUT2D eigenvalue weighted by Crippen LogP contribution is -2.37. The molecule has 1 heterocycles. The Hall–Kier alpha value is -1.69. The summed E-state index contributed by atoms with van der Waals surface area (Å²) in [6.45, 7) is 2.46. The van der Waals surface area contributed by atoms with Crippen LogP contribution in [0.25, 0.3) is 0 Å². The van der Waals surface area contributed by atoms with E-state index in [2.05, 4.69) is 5.32 Å². The van der Waals surface area contributed by atoms with Gasteiger partial charge in [0, 0.05) is 24.7 Å². The first kappa shape index (κ1) is 12.8. The highest BCUT2D eigenvalue weighted by Crippen LogP contribution is 2.23. The van der Waals surface area contributed by atoms with E-state index < -0.39 is 17.7 Å². The van der Waals surface area contributed by atoms with E-state index in [9.17, 15) is 13.6 Å². The lowest BCUT2D eigenvalue weighted by molar-refractivity contribution is 0.215. The molecule has 0 aliphatic carbocycles. The Morgan fingerprint density at radius 2 is 2.28 bits per heavy atom. The van der Waals surface area contributed by atoms with Gasteiger partial charge in [-0.1, -0.05) is 0 Å². The lowest BCUT2D eigenvalue weighted by Gasteiger charge is -2.17. The molecule has 2 atom stereocenters. The Kier molecular flexibility index (Phi) is 3.47. The number of nitrogens with zero attached hydrogens (tertiary/aromatic N) is 1. The molecular formula is C12H15F2N3O. The normalized spacial score (nSPS) is 21.0. The Bertz CT molecular complexity index is 465. The van der Waals surface area contributed by atoms with E-state index in [-0.39, 0.29) is 17.6 Å². The molecule has 0 bridgehead atoms. The fourth-order valence-corrected chi connectivity index (χ4v) is 2.05. The van der Waals surface area contributed by atoms with Gasteiger partial charge in [0.25, 0.3) is 0 Å². The molecule has 18 heavy (non-hydrogen) atoms. The summed E-state index contributed by atoms with van der Waals surface area (Å²) < 4.78 is 26.7. The zero-order valence-corrected chi connectivity index (χ0v) is 9.99. The van der Waals surface area contributed by atoms with Gasteiger partial charge in [0.2, 0.25) is 0 Å². The van der Waals surface area contributed by atoms with Crippen LogP contribution < -0.4 is 11.1 Å². The molecule has 3 N–H and O–H groups in total. The van der Waals surface area contributed by atoms with Crippen molar-refractivity contribution in [2.45, 2.75) is 19.0 Å². The molecule has 0 spiro atoms. The first-order valence-corrected chi connectivity index (χ1v) is 5.73. The number of nitrogens with one attached hydrogen (secondary N) is 1. The number of carbonyl (C=O) groups is 1. The monoisotopic (exact) mass is 255 g/mol. The Morgan fingerprint density at radius 3 is 2.94 bits per heavy atom. The summed E-state index contributed by atoms with van der Waals surface area (Å²) in [5.74, 6) is -1.05. The van der Waals surface area contributed by atoms with Crippen molar-refractivity contribution in [3.63, 3.8) is 0 Å². The van der Waals surface area contributed by atoms with Gasteiger partial charge in [0.1, 0.15) is 11.6 Å². The third kappa shape index (κ3) is 2.59. The number of hydrogen-bond acceptors (Lipinski definition) is 2. The summed E-state index contributed by atoms with van der Waals surface area (Å²) in [5.41, 5.74) is 5.78. The van der Waals surface area contributed by atoms with E-state index in [0.717, 1.165) is 18.2 Å². The van der Waals surface area contributed by atoms with E-state index in [1.54, 1.807) is 6.92 Å². The number of urea groups is 1. The van der Waals surface area contributed by atoms with Crippen LogP contribution in [0.2, 0.25) is 0 Å². The van der Waals surface area contributed by atoms with Crippen LogP contribution >= 0.6 is 0 Å². The summed E-state index contributed by atoms with van der Waals surface area (Å²) >= 11 is 0. The van der Waals surface area contributed by atoms with Gasteiger partial charge in [-0.3, -0.25) is 0 Å². The van der Waals surface area contributed by atoms with Gasteiger partial charge in [0.05, 0.1) is 6.04 Å². The van der Waals surface area contributed by atoms with E-state index >= 15 is 0 Å². The van der Waals surface area contributed by atoms with Crippen molar-refractivity contribution < 1.29 is 13.6 Å². The zero-order chi connectivity index (χ0) is 13.3. The minimum atomic E-state index is -0.535. The van der Waals surface area contributed by atoms with Crippen LogP contribution in [-0.2, 0) is 0 Å². The fraction of sp³-hybridized carbons (Fsp3) is 0.417. The molecule has 0 saturated carbocycles. The molecular weight excluding hydrogens is 240 g/mol. The number of hydrogen-bond donors (Lipinski definition) is 2. The van der Waals surface area contributed by atoms with Gasteiger partial charge in [-0.2, -0.15) is 0 Å². The zero-order valence-electron chi connectivity index (χ0n) is 9.99. The topological polar surface area (TPSA) is 58.4 Å². The first-order chi connectivity index (χ1) is 8.47. The molecule has 98 valence electrons. The molecule has 1 aromatic rings. The summed E-state index contributed by atoms with van der Waals surface area (Å²) in [7, 11) is 0. The number of amides is 2. The molecule has 6 heteroatoms. The molecule has 2 unspecified atom stereocenters. The van der Waals surface area contributed by atoms with Gasteiger partial charge in [-0.15, -0.1) is 0 Å². The summed E-state index contributed by atoms with van der Waals surface area (Å²) in [5, 5.41) is 2.62. The maximum Gasteiger partial charge on any atom is 0.318 e. The standard InChI is InChI=1S/C12H15F2N3O/c1-7(15)5-17-6-11(16-12(17)18)9-4-8(13)2-3-10(9)14/h2-4,7,11H,5-6,15H2,1H3,(H,16,18). The van der Waals surface area contributed by atoms with Gasteiger partial charge in [-0.05, 0) is 25.1 Å². The van der Waals surface area contributed by atoms with Crippen molar-refractivity contribution in [2.24, 2.45) is 5.73 Å². The van der Waals surface area contributed by atoms with Gasteiger partial charge in [-0.25, -0.2) is 13.6 Å². The second-order valence-corrected chi connectivity index (χ2v) is 4.55. The molecule has 4 nitrogen and oxygen atoms in total. The van der Waals surface area contributed by atoms with Crippen LogP contribution in [0.4, 0.5) is 13.6 Å². The van der Waals surface area contributed by atoms with Crippen molar-refractivity contribution in [3.05, 3.63) is 35.4 Å². The third-order valence-corrected chi connectivity index (χ3v) is 2.83. The number of halogens is 2. The molecule has 2 amide bonds. The number of carbonyl (C=O) groups excluding carboxylic acids is 1. The van der Waals surface area contributed by atoms with Crippen LogP contribution in [-0.4, -0.2) is 30.1 Å². The minimum absolute atomic E-state index is 0.160. The predicted octanol–water partition coefficient (Wildman–Crippen LogP) is 1.38. The second-order valence-electron chi connectivity index (χ2n) is 4.55. The van der Waals surface area contributed by atoms with Gasteiger partial charge in [0.15, 0.2) is 0 Å². The lowest BCUT2D eigenvalue weighted by atomic mass is 10.1. The quantitative estimate of drug-likeness (QED) is 0.857. The van der Waals surface area contributed by atoms with E-state index in [1.807, 2.05) is 0 Å². The van der Waals surface area contributed by atoms with Gasteiger partial charge >= 0.3 is 6.03 Å². The molecule has 0 aromatic heterocycles. The molecule has 1 saturated heterocycles. The smallest absolute Gasteiger partial charge is 0.318 e. The molecule has 1 fully saturated rings. The second kappa shape index (κ2) is 4.89. The maximum atomic E-state index is 13.6. The highest BCUT2D eigenvalue weighted by molar-refractivity contribution is 5.77. The highest BCUT2D eigenvalue weighted by atomic mass is 19.1. The fourth-order valence-electron chi connectivity index (χ4n) is 2.05. The van der Waals surface area contributed by atoms with E-state index in [1.165, 1.54) is 4.90 Å². The van der Waals surface area contributed by atoms with Crippen molar-refractivity contribution >= 4 is 6.03 Å². The third-order valence-electron chi connectivity index (χ3n) is 2.83. The van der Waals surface area contributed by atoms with Crippen LogP contribution in [0.5, 0.6) is 0 Å². The molecule has 0 radical (unpaired) electrons. The van der Waals surface area contributed by atoms with Crippen LogP contribution in [0.15, 0.2) is 18.2 Å². The number of benzene rings is 1. The Morgan fingerprint density at radius 1 is 1.56 bits per heavy atom. The molecule has 1 aliphatic heterocycles. The van der Waals surface area contributed by atoms with Crippen LogP contribution in [0.3, 0.4) is 0 Å². The van der Waals surface area contributed by atoms with Crippen LogP contribution in [0, 0.1) is 11.6 Å². The van der Waals surface area contributed by atoms with E-state index in [4.69, 9.17) is 5.73 Å². The minimum Gasteiger partial charge on any atom is -0.329 e. The van der Waals surface area contributed by atoms with Gasteiger partial charge < -0.3 is 16.0 Å². The van der Waals surface area contributed by atoms with Crippen molar-refractivity contribution in [2.75, 3.05) is 13.1 Å². The average Bonchev–Trinajstić information content (AvgIpc) is 2.63. The largest absolute Gasteiger partial charge is 0.329 e. The predicted molar refractivity (Wildman–Crippen MR) is 62.9 cm³/mol. The van der Waals surface area contributed by atoms with Crippen molar-refractivity contribution in [3.8, 4) is 0 Å². The SMILES string of the molecule is CC(N)CN1CC(c2cc(F)ccc2F)NC1=O. The molecule has 1 aromatic carbocycles. The average molecular weight is 255 g/mol. The summed E-state index contributed by atoms with van der Waals surface area (Å²) in [6, 6.07) is 2.22. The number of nitrogens with two attached hydrogens (primary N) is 1. The summed E-state index contributed by atoms with van der Waals surface area (Å²) in [4.78, 5) is 13.1. The summed E-state index contributed by atoms with van der Waals surface area (Å²) in [6.07, 6.45) is 0. The highest BCUT2D eigenvalue weighted by Gasteiger charge is 2.31. The van der Waals surface area contributed by atoms with E-state index in [0.29, 0.717) is 13.1 Å². The Labute approximate surface area is 104 Å². The molecule has 1 aliphatic rings.